The summed E-state index contributed by atoms with van der Waals surface area (Å²) >= 11 is 3.18. The summed E-state index contributed by atoms with van der Waals surface area (Å²) in [7, 11) is 0. The molecule has 4 heteroatoms. The van der Waals surface area contributed by atoms with E-state index >= 15 is 0 Å². The first-order valence-corrected chi connectivity index (χ1v) is 6.84. The second-order valence-corrected chi connectivity index (χ2v) is 5.27. The van der Waals surface area contributed by atoms with Gasteiger partial charge in [-0.15, -0.1) is 0 Å². The SMILES string of the molecule is OC(c1cccc(F)c1Br)c1cccc2c1OCC2. The molecule has 2 nitrogen and oxygen atoms in total. The fourth-order valence-electron chi connectivity index (χ4n) is 2.36. The lowest BCUT2D eigenvalue weighted by Gasteiger charge is -2.16. The first-order chi connectivity index (χ1) is 9.18. The number of para-hydroxylation sites is 1. The summed E-state index contributed by atoms with van der Waals surface area (Å²) in [4.78, 5) is 0. The molecule has 1 N–H and O–H groups in total. The van der Waals surface area contributed by atoms with Crippen LogP contribution in [0.25, 0.3) is 0 Å². The maximum atomic E-state index is 13.5. The Balaban J connectivity index is 2.08. The van der Waals surface area contributed by atoms with Gasteiger partial charge < -0.3 is 9.84 Å². The molecule has 1 aliphatic rings. The summed E-state index contributed by atoms with van der Waals surface area (Å²) in [5.74, 6) is 0.344. The summed E-state index contributed by atoms with van der Waals surface area (Å²) < 4.78 is 19.4. The van der Waals surface area contributed by atoms with Crippen molar-refractivity contribution in [1.29, 1.82) is 0 Å². The predicted molar refractivity (Wildman–Crippen MR) is 73.8 cm³/mol. The van der Waals surface area contributed by atoms with E-state index in [0.29, 0.717) is 17.7 Å². The zero-order chi connectivity index (χ0) is 13.4. The molecule has 0 aromatic heterocycles. The Bertz CT molecular complexity index is 628. The minimum atomic E-state index is -0.905. The smallest absolute Gasteiger partial charge is 0.137 e. The Hall–Kier alpha value is -1.39. The van der Waals surface area contributed by atoms with Crippen molar-refractivity contribution in [1.82, 2.24) is 0 Å². The highest BCUT2D eigenvalue weighted by Crippen LogP contribution is 2.38. The minimum Gasteiger partial charge on any atom is -0.493 e. The van der Waals surface area contributed by atoms with Gasteiger partial charge in [0, 0.05) is 17.5 Å². The molecule has 3 rings (SSSR count). The zero-order valence-corrected chi connectivity index (χ0v) is 11.7. The maximum Gasteiger partial charge on any atom is 0.137 e. The average Bonchev–Trinajstić information content (AvgIpc) is 2.89. The molecule has 0 aliphatic carbocycles. The van der Waals surface area contributed by atoms with Crippen LogP contribution in [0, 0.1) is 5.82 Å². The van der Waals surface area contributed by atoms with Crippen LogP contribution in [0.15, 0.2) is 40.9 Å². The van der Waals surface area contributed by atoms with Gasteiger partial charge in [0.15, 0.2) is 0 Å². The van der Waals surface area contributed by atoms with Gasteiger partial charge in [-0.05, 0) is 27.6 Å². The third kappa shape index (κ3) is 2.15. The van der Waals surface area contributed by atoms with Gasteiger partial charge in [0.25, 0.3) is 0 Å². The molecule has 0 spiro atoms. The number of benzene rings is 2. The van der Waals surface area contributed by atoms with E-state index in [1.165, 1.54) is 6.07 Å². The van der Waals surface area contributed by atoms with Crippen molar-refractivity contribution in [3.05, 3.63) is 63.4 Å². The molecule has 1 heterocycles. The van der Waals surface area contributed by atoms with Crippen LogP contribution in [0.3, 0.4) is 0 Å². The summed E-state index contributed by atoms with van der Waals surface area (Å²) in [5.41, 5.74) is 2.27. The number of aliphatic hydroxyl groups excluding tert-OH is 1. The van der Waals surface area contributed by atoms with Crippen LogP contribution in [0.4, 0.5) is 4.39 Å². The van der Waals surface area contributed by atoms with Gasteiger partial charge in [-0.25, -0.2) is 4.39 Å². The van der Waals surface area contributed by atoms with Crippen molar-refractivity contribution < 1.29 is 14.2 Å². The lowest BCUT2D eigenvalue weighted by atomic mass is 9.98. The topological polar surface area (TPSA) is 29.5 Å². The van der Waals surface area contributed by atoms with Gasteiger partial charge in [0.1, 0.15) is 17.7 Å². The van der Waals surface area contributed by atoms with Crippen molar-refractivity contribution in [2.45, 2.75) is 12.5 Å². The molecular weight excluding hydrogens is 311 g/mol. The first kappa shape index (κ1) is 12.6. The van der Waals surface area contributed by atoms with E-state index in [4.69, 9.17) is 4.74 Å². The van der Waals surface area contributed by atoms with E-state index < -0.39 is 6.10 Å². The van der Waals surface area contributed by atoms with Crippen LogP contribution >= 0.6 is 15.9 Å². The molecule has 2 aromatic rings. The highest BCUT2D eigenvalue weighted by molar-refractivity contribution is 9.10. The summed E-state index contributed by atoms with van der Waals surface area (Å²) in [6, 6.07) is 10.3. The Labute approximate surface area is 119 Å². The van der Waals surface area contributed by atoms with Gasteiger partial charge in [0.05, 0.1) is 11.1 Å². The van der Waals surface area contributed by atoms with Crippen LogP contribution < -0.4 is 4.74 Å². The normalized spacial score (nSPS) is 14.9. The summed E-state index contributed by atoms with van der Waals surface area (Å²) in [5, 5.41) is 10.5. The van der Waals surface area contributed by atoms with Crippen molar-refractivity contribution >= 4 is 15.9 Å². The Kier molecular flexibility index (Phi) is 3.29. The number of ether oxygens (including phenoxy) is 1. The molecule has 0 bridgehead atoms. The molecule has 0 saturated heterocycles. The lowest BCUT2D eigenvalue weighted by Crippen LogP contribution is -2.04. The molecule has 19 heavy (non-hydrogen) atoms. The molecule has 1 unspecified atom stereocenters. The molecule has 2 aromatic carbocycles. The average molecular weight is 323 g/mol. The third-order valence-corrected chi connectivity index (χ3v) is 4.15. The predicted octanol–water partition coefficient (Wildman–Crippen LogP) is 3.60. The van der Waals surface area contributed by atoms with E-state index in [2.05, 4.69) is 15.9 Å². The van der Waals surface area contributed by atoms with E-state index in [-0.39, 0.29) is 10.3 Å². The Morgan fingerprint density at radius 1 is 1.16 bits per heavy atom. The second-order valence-electron chi connectivity index (χ2n) is 4.48. The molecule has 0 amide bonds. The fraction of sp³-hybridized carbons (Fsp3) is 0.200. The van der Waals surface area contributed by atoms with E-state index in [1.807, 2.05) is 18.2 Å². The van der Waals surface area contributed by atoms with Crippen LogP contribution in [-0.2, 0) is 6.42 Å². The molecule has 1 atom stereocenters. The van der Waals surface area contributed by atoms with Crippen LogP contribution in [0.5, 0.6) is 5.75 Å². The quantitative estimate of drug-likeness (QED) is 0.915. The number of fused-ring (bicyclic) bond motifs is 1. The van der Waals surface area contributed by atoms with Crippen LogP contribution in [-0.4, -0.2) is 11.7 Å². The molecule has 0 radical (unpaired) electrons. The molecule has 1 aliphatic heterocycles. The molecule has 0 saturated carbocycles. The number of rotatable bonds is 2. The van der Waals surface area contributed by atoms with E-state index in [0.717, 1.165) is 17.7 Å². The number of halogens is 2. The van der Waals surface area contributed by atoms with Crippen molar-refractivity contribution in [2.24, 2.45) is 0 Å². The van der Waals surface area contributed by atoms with Crippen LogP contribution in [0.1, 0.15) is 22.8 Å². The highest BCUT2D eigenvalue weighted by Gasteiger charge is 2.23. The third-order valence-electron chi connectivity index (χ3n) is 3.32. The lowest BCUT2D eigenvalue weighted by molar-refractivity contribution is 0.212. The van der Waals surface area contributed by atoms with Crippen LogP contribution in [0.2, 0.25) is 0 Å². The zero-order valence-electron chi connectivity index (χ0n) is 10.1. The second kappa shape index (κ2) is 4.94. The van der Waals surface area contributed by atoms with E-state index in [9.17, 15) is 9.50 Å². The van der Waals surface area contributed by atoms with Gasteiger partial charge in [-0.2, -0.15) is 0 Å². The monoisotopic (exact) mass is 322 g/mol. The number of aliphatic hydroxyl groups is 1. The minimum absolute atomic E-state index is 0.290. The Morgan fingerprint density at radius 2 is 1.89 bits per heavy atom. The number of hydrogen-bond acceptors (Lipinski definition) is 2. The molecule has 98 valence electrons. The van der Waals surface area contributed by atoms with Gasteiger partial charge in [-0.3, -0.25) is 0 Å². The van der Waals surface area contributed by atoms with Gasteiger partial charge in [-0.1, -0.05) is 30.3 Å². The highest BCUT2D eigenvalue weighted by atomic mass is 79.9. The van der Waals surface area contributed by atoms with Gasteiger partial charge >= 0.3 is 0 Å². The maximum absolute atomic E-state index is 13.5. The Morgan fingerprint density at radius 3 is 2.74 bits per heavy atom. The standard InChI is InChI=1S/C15H12BrFO2/c16-13-10(4-2-6-12(13)17)14(18)11-5-1-3-9-7-8-19-15(9)11/h1-6,14,18H,7-8H2. The first-order valence-electron chi connectivity index (χ1n) is 6.05. The van der Waals surface area contributed by atoms with Crippen molar-refractivity contribution in [2.75, 3.05) is 6.61 Å². The summed E-state index contributed by atoms with van der Waals surface area (Å²) in [6.07, 6.45) is -0.0571. The molecular formula is C15H12BrFO2. The largest absolute Gasteiger partial charge is 0.493 e. The van der Waals surface area contributed by atoms with Crippen molar-refractivity contribution in [3.63, 3.8) is 0 Å². The number of hydrogen-bond donors (Lipinski definition) is 1. The summed E-state index contributed by atoms with van der Waals surface area (Å²) in [6.45, 7) is 0.628. The molecule has 0 fully saturated rings. The van der Waals surface area contributed by atoms with Gasteiger partial charge in [0.2, 0.25) is 0 Å². The van der Waals surface area contributed by atoms with E-state index in [1.54, 1.807) is 12.1 Å². The fourth-order valence-corrected chi connectivity index (χ4v) is 2.84. The van der Waals surface area contributed by atoms with Crippen molar-refractivity contribution in [3.8, 4) is 5.75 Å².